The van der Waals surface area contributed by atoms with E-state index < -0.39 is 0 Å². The lowest BCUT2D eigenvalue weighted by Gasteiger charge is -2.22. The Hall–Kier alpha value is -1.82. The molecule has 1 aromatic rings. The van der Waals surface area contributed by atoms with Crippen LogP contribution in [0.3, 0.4) is 0 Å². The van der Waals surface area contributed by atoms with E-state index in [0.717, 1.165) is 5.69 Å². The Morgan fingerprint density at radius 3 is 2.45 bits per heavy atom. The summed E-state index contributed by atoms with van der Waals surface area (Å²) in [5.41, 5.74) is 1.61. The fraction of sp³-hybridized carbons (Fsp3) is 0.571. The second kappa shape index (κ2) is 7.69. The van der Waals surface area contributed by atoms with Crippen LogP contribution < -0.4 is 0 Å². The van der Waals surface area contributed by atoms with Crippen LogP contribution in [0.25, 0.3) is 0 Å². The molecule has 0 spiro atoms. The van der Waals surface area contributed by atoms with Crippen molar-refractivity contribution < 1.29 is 19.1 Å². The molecule has 0 aliphatic rings. The molecule has 0 bridgehead atoms. The van der Waals surface area contributed by atoms with Gasteiger partial charge in [-0.3, -0.25) is 9.59 Å². The van der Waals surface area contributed by atoms with E-state index >= 15 is 0 Å². The van der Waals surface area contributed by atoms with E-state index in [4.69, 9.17) is 4.74 Å². The van der Waals surface area contributed by atoms with Gasteiger partial charge in [0.05, 0.1) is 20.1 Å². The average Bonchev–Trinajstić information content (AvgIpc) is 2.78. The molecule has 6 nitrogen and oxygen atoms in total. The lowest BCUT2D eigenvalue weighted by atomic mass is 10.3. The zero-order valence-electron chi connectivity index (χ0n) is 12.5. The lowest BCUT2D eigenvalue weighted by Crippen LogP contribution is -2.36. The van der Waals surface area contributed by atoms with Gasteiger partial charge in [0, 0.05) is 32.9 Å². The van der Waals surface area contributed by atoms with Crippen LogP contribution in [0.5, 0.6) is 0 Å². The van der Waals surface area contributed by atoms with Crippen molar-refractivity contribution in [2.75, 3.05) is 33.9 Å². The van der Waals surface area contributed by atoms with E-state index in [2.05, 4.69) is 4.74 Å². The lowest BCUT2D eigenvalue weighted by molar-refractivity contribution is -0.140. The fourth-order valence-corrected chi connectivity index (χ4v) is 1.83. The molecular formula is C14H22N2O4. The van der Waals surface area contributed by atoms with Crippen molar-refractivity contribution in [2.24, 2.45) is 7.05 Å². The third-order valence-corrected chi connectivity index (χ3v) is 3.26. The Labute approximate surface area is 119 Å². The van der Waals surface area contributed by atoms with Gasteiger partial charge in [0.2, 0.25) is 0 Å². The Morgan fingerprint density at radius 1 is 1.25 bits per heavy atom. The number of esters is 1. The molecule has 112 valence electrons. The van der Waals surface area contributed by atoms with Gasteiger partial charge in [-0.1, -0.05) is 0 Å². The predicted molar refractivity (Wildman–Crippen MR) is 74.6 cm³/mol. The summed E-state index contributed by atoms with van der Waals surface area (Å²) in [6.07, 6.45) is 0.176. The number of amides is 1. The van der Waals surface area contributed by atoms with Crippen LogP contribution >= 0.6 is 0 Å². The summed E-state index contributed by atoms with van der Waals surface area (Å²) >= 11 is 0. The maximum Gasteiger partial charge on any atom is 0.307 e. The van der Waals surface area contributed by atoms with Gasteiger partial charge >= 0.3 is 5.97 Å². The highest BCUT2D eigenvalue weighted by Crippen LogP contribution is 2.10. The fourth-order valence-electron chi connectivity index (χ4n) is 1.83. The van der Waals surface area contributed by atoms with Crippen molar-refractivity contribution in [1.82, 2.24) is 9.47 Å². The quantitative estimate of drug-likeness (QED) is 0.700. The number of rotatable bonds is 7. The number of ether oxygens (including phenoxy) is 2. The second-order valence-electron chi connectivity index (χ2n) is 4.53. The van der Waals surface area contributed by atoms with Gasteiger partial charge in [-0.25, -0.2) is 0 Å². The standard InChI is InChI=1S/C14H22N2O4/c1-11-5-6-12(15(11)2)14(18)16(9-10-19-3)8-7-13(17)20-4/h5-6H,7-10H2,1-4H3. The number of methoxy groups -OCH3 is 2. The number of aromatic nitrogens is 1. The van der Waals surface area contributed by atoms with Gasteiger partial charge in [0.1, 0.15) is 5.69 Å². The Balaban J connectivity index is 2.78. The van der Waals surface area contributed by atoms with Gasteiger partial charge in [-0.2, -0.15) is 0 Å². The highest BCUT2D eigenvalue weighted by Gasteiger charge is 2.19. The van der Waals surface area contributed by atoms with Crippen LogP contribution in [0, 0.1) is 6.92 Å². The minimum absolute atomic E-state index is 0.110. The van der Waals surface area contributed by atoms with Crippen LogP contribution in [-0.4, -0.2) is 55.3 Å². The molecule has 1 aromatic heterocycles. The minimum atomic E-state index is -0.330. The number of hydrogen-bond acceptors (Lipinski definition) is 4. The molecule has 20 heavy (non-hydrogen) atoms. The molecule has 0 unspecified atom stereocenters. The summed E-state index contributed by atoms with van der Waals surface area (Å²) in [5, 5.41) is 0. The normalized spacial score (nSPS) is 10.4. The molecule has 0 aliphatic carbocycles. The number of hydrogen-bond donors (Lipinski definition) is 0. The van der Waals surface area contributed by atoms with Gasteiger partial charge in [-0.15, -0.1) is 0 Å². The van der Waals surface area contributed by atoms with Crippen molar-refractivity contribution in [1.29, 1.82) is 0 Å². The Morgan fingerprint density at radius 2 is 1.95 bits per heavy atom. The minimum Gasteiger partial charge on any atom is -0.469 e. The first-order valence-corrected chi connectivity index (χ1v) is 6.48. The molecule has 1 heterocycles. The van der Waals surface area contributed by atoms with Crippen LogP contribution in [0.4, 0.5) is 0 Å². The van der Waals surface area contributed by atoms with E-state index in [1.165, 1.54) is 7.11 Å². The zero-order chi connectivity index (χ0) is 15.1. The molecular weight excluding hydrogens is 260 g/mol. The first-order chi connectivity index (χ1) is 9.51. The molecule has 0 saturated heterocycles. The number of aryl methyl sites for hydroxylation is 1. The zero-order valence-corrected chi connectivity index (χ0v) is 12.5. The third-order valence-electron chi connectivity index (χ3n) is 3.26. The van der Waals surface area contributed by atoms with Gasteiger partial charge in [-0.05, 0) is 19.1 Å². The molecule has 1 amide bonds. The van der Waals surface area contributed by atoms with E-state index in [1.54, 1.807) is 18.1 Å². The molecule has 0 atom stereocenters. The van der Waals surface area contributed by atoms with Crippen molar-refractivity contribution in [3.63, 3.8) is 0 Å². The Bertz CT molecular complexity index is 468. The number of carbonyl (C=O) groups excluding carboxylic acids is 2. The highest BCUT2D eigenvalue weighted by molar-refractivity contribution is 5.93. The molecule has 0 radical (unpaired) electrons. The second-order valence-corrected chi connectivity index (χ2v) is 4.53. The summed E-state index contributed by atoms with van der Waals surface area (Å²) in [7, 11) is 4.76. The van der Waals surface area contributed by atoms with Gasteiger partial charge < -0.3 is 18.9 Å². The van der Waals surface area contributed by atoms with E-state index in [1.807, 2.05) is 24.6 Å². The highest BCUT2D eigenvalue weighted by atomic mass is 16.5. The van der Waals surface area contributed by atoms with Crippen molar-refractivity contribution in [2.45, 2.75) is 13.3 Å². The van der Waals surface area contributed by atoms with E-state index in [9.17, 15) is 9.59 Å². The molecule has 0 N–H and O–H groups in total. The molecule has 0 aliphatic heterocycles. The van der Waals surface area contributed by atoms with Crippen molar-refractivity contribution in [3.05, 3.63) is 23.5 Å². The summed E-state index contributed by atoms with van der Waals surface area (Å²) in [5.74, 6) is -0.440. The topological polar surface area (TPSA) is 60.8 Å². The summed E-state index contributed by atoms with van der Waals surface area (Å²) < 4.78 is 11.4. The summed E-state index contributed by atoms with van der Waals surface area (Å²) in [4.78, 5) is 25.3. The van der Waals surface area contributed by atoms with Crippen LogP contribution in [0.2, 0.25) is 0 Å². The Kier molecular flexibility index (Phi) is 6.24. The smallest absolute Gasteiger partial charge is 0.307 e. The first-order valence-electron chi connectivity index (χ1n) is 6.48. The maximum atomic E-state index is 12.5. The first kappa shape index (κ1) is 16.2. The summed E-state index contributed by atoms with van der Waals surface area (Å²) in [6.45, 7) is 3.12. The number of carbonyl (C=O) groups is 2. The molecule has 0 saturated carbocycles. The van der Waals surface area contributed by atoms with Crippen molar-refractivity contribution >= 4 is 11.9 Å². The van der Waals surface area contributed by atoms with Crippen LogP contribution in [0.1, 0.15) is 22.6 Å². The monoisotopic (exact) mass is 282 g/mol. The van der Waals surface area contributed by atoms with Crippen LogP contribution in [-0.2, 0) is 21.3 Å². The largest absolute Gasteiger partial charge is 0.469 e. The molecule has 0 fully saturated rings. The number of nitrogens with zero attached hydrogens (tertiary/aromatic N) is 2. The third kappa shape index (κ3) is 4.09. The maximum absolute atomic E-state index is 12.5. The van der Waals surface area contributed by atoms with Gasteiger partial charge in [0.25, 0.3) is 5.91 Å². The van der Waals surface area contributed by atoms with E-state index in [-0.39, 0.29) is 18.3 Å². The van der Waals surface area contributed by atoms with E-state index in [0.29, 0.717) is 25.4 Å². The average molecular weight is 282 g/mol. The molecule has 1 rings (SSSR count). The summed E-state index contributed by atoms with van der Waals surface area (Å²) in [6, 6.07) is 3.68. The SMILES string of the molecule is COCCN(CCC(=O)OC)C(=O)c1ccc(C)n1C. The predicted octanol–water partition coefficient (Wildman–Crippen LogP) is 0.985. The molecule has 0 aromatic carbocycles. The van der Waals surface area contributed by atoms with Crippen LogP contribution in [0.15, 0.2) is 12.1 Å². The van der Waals surface area contributed by atoms with Crippen molar-refractivity contribution in [3.8, 4) is 0 Å². The molecule has 6 heteroatoms. The van der Waals surface area contributed by atoms with Gasteiger partial charge in [0.15, 0.2) is 0 Å².